The van der Waals surface area contributed by atoms with Crippen molar-refractivity contribution >= 4 is 6.08 Å². The average molecular weight is 334 g/mol. The van der Waals surface area contributed by atoms with Crippen molar-refractivity contribution in [3.63, 3.8) is 0 Å². The van der Waals surface area contributed by atoms with Gasteiger partial charge in [-0.2, -0.15) is 0 Å². The van der Waals surface area contributed by atoms with Crippen molar-refractivity contribution in [2.45, 2.75) is 26.2 Å². The van der Waals surface area contributed by atoms with Crippen molar-refractivity contribution in [3.8, 4) is 11.5 Å². The number of para-hydroxylation sites is 1. The van der Waals surface area contributed by atoms with E-state index >= 15 is 0 Å². The summed E-state index contributed by atoms with van der Waals surface area (Å²) in [5.74, 6) is -1.63. The predicted octanol–water partition coefficient (Wildman–Crippen LogP) is 5.35. The minimum atomic E-state index is -0.721. The topological polar surface area (TPSA) is 29.5 Å². The first kappa shape index (κ1) is 16.5. The third-order valence-corrected chi connectivity index (χ3v) is 3.82. The highest BCUT2D eigenvalue weighted by atomic mass is 19.1. The Kier molecular flexibility index (Phi) is 5.83. The predicted molar refractivity (Wildman–Crippen MR) is 92.2 cm³/mol. The largest absolute Gasteiger partial charge is 0.507 e. The van der Waals surface area contributed by atoms with Crippen molar-refractivity contribution in [2.75, 3.05) is 7.11 Å². The number of hydrogen-bond donors (Lipinski definition) is 1. The van der Waals surface area contributed by atoms with E-state index in [9.17, 15) is 13.9 Å². The van der Waals surface area contributed by atoms with Gasteiger partial charge in [0.1, 0.15) is 5.75 Å². The van der Waals surface area contributed by atoms with Gasteiger partial charge in [0.15, 0.2) is 17.4 Å². The van der Waals surface area contributed by atoms with Gasteiger partial charge in [-0.05, 0) is 42.5 Å². The van der Waals surface area contributed by atoms with E-state index in [4.69, 9.17) is 6.11 Å². The van der Waals surface area contributed by atoms with Gasteiger partial charge in [-0.1, -0.05) is 43.7 Å². The summed E-state index contributed by atoms with van der Waals surface area (Å²) in [6, 6.07) is 9.53. The number of aromatic hydroxyl groups is 1. The summed E-state index contributed by atoms with van der Waals surface area (Å²) in [7, 11) is 1.23. The first-order valence-corrected chi connectivity index (χ1v) is 7.82. The van der Waals surface area contributed by atoms with Crippen molar-refractivity contribution in [1.82, 2.24) is 0 Å². The average Bonchev–Trinajstić information content (AvgIpc) is 2.58. The standard InChI is InChI=1S/C20H22F2O2/c1-3-6-14(9-10-16-7-4-5-8-19(16)23)11-15-12-17(21)20(24-2)18(22)13-15/h4-5,7-10,12-14,23H,3,6,11H2,1-2H3/b10-9+/i1T. The van der Waals surface area contributed by atoms with E-state index in [1.54, 1.807) is 24.3 Å². The Morgan fingerprint density at radius 3 is 2.58 bits per heavy atom. The molecular formula is C20H22F2O2. The summed E-state index contributed by atoms with van der Waals surface area (Å²) in [6.45, 7) is 0.298. The summed E-state index contributed by atoms with van der Waals surface area (Å²) in [5.41, 5.74) is 1.22. The summed E-state index contributed by atoms with van der Waals surface area (Å²) >= 11 is 0. The van der Waals surface area contributed by atoms with Crippen LogP contribution < -0.4 is 4.74 Å². The molecule has 0 spiro atoms. The van der Waals surface area contributed by atoms with E-state index in [-0.39, 0.29) is 17.4 Å². The van der Waals surface area contributed by atoms with Gasteiger partial charge < -0.3 is 9.84 Å². The lowest BCUT2D eigenvalue weighted by atomic mass is 9.93. The summed E-state index contributed by atoms with van der Waals surface area (Å²) in [5, 5.41) is 9.83. The number of ether oxygens (including phenoxy) is 1. The molecule has 2 rings (SSSR count). The third kappa shape index (κ3) is 4.57. The number of allylic oxidation sites excluding steroid dienone is 1. The molecule has 24 heavy (non-hydrogen) atoms. The van der Waals surface area contributed by atoms with Crippen LogP contribution in [0.25, 0.3) is 6.08 Å². The smallest absolute Gasteiger partial charge is 0.190 e. The minimum Gasteiger partial charge on any atom is -0.507 e. The van der Waals surface area contributed by atoms with E-state index in [0.717, 1.165) is 6.42 Å². The Hall–Kier alpha value is -2.36. The Morgan fingerprint density at radius 2 is 1.96 bits per heavy atom. The highest BCUT2D eigenvalue weighted by Crippen LogP contribution is 2.26. The second-order valence-electron chi connectivity index (χ2n) is 5.62. The first-order chi connectivity index (χ1) is 12.0. The van der Waals surface area contributed by atoms with Crippen molar-refractivity contribution in [2.24, 2.45) is 5.92 Å². The zero-order valence-corrected chi connectivity index (χ0v) is 13.6. The molecule has 0 heterocycles. The summed E-state index contributed by atoms with van der Waals surface area (Å²) < 4.78 is 39.8. The van der Waals surface area contributed by atoms with Crippen LogP contribution in [0.2, 0.25) is 0 Å². The molecule has 1 unspecified atom stereocenters. The number of methoxy groups -OCH3 is 1. The second-order valence-corrected chi connectivity index (χ2v) is 5.62. The van der Waals surface area contributed by atoms with Crippen LogP contribution in [0, 0.1) is 17.6 Å². The van der Waals surface area contributed by atoms with Crippen LogP contribution in [0.3, 0.4) is 0 Å². The molecule has 4 heteroatoms. The molecule has 0 aliphatic heterocycles. The lowest BCUT2D eigenvalue weighted by Gasteiger charge is -2.13. The molecule has 1 atom stereocenters. The van der Waals surface area contributed by atoms with Crippen LogP contribution in [0.4, 0.5) is 8.78 Å². The molecule has 0 bridgehead atoms. The first-order valence-electron chi connectivity index (χ1n) is 8.53. The van der Waals surface area contributed by atoms with Crippen LogP contribution in [0.1, 0.15) is 32.2 Å². The molecule has 2 aromatic rings. The third-order valence-electron chi connectivity index (χ3n) is 3.82. The Labute approximate surface area is 142 Å². The molecule has 0 aromatic heterocycles. The maximum absolute atomic E-state index is 13.9. The fourth-order valence-corrected chi connectivity index (χ4v) is 2.62. The lowest BCUT2D eigenvalue weighted by Crippen LogP contribution is -2.03. The SMILES string of the molecule is [3H]CCCC(/C=C/c1ccccc1O)Cc1cc(F)c(OC)c(F)c1. The molecule has 1 N–H and O–H groups in total. The van der Waals surface area contributed by atoms with Gasteiger partial charge in [0, 0.05) is 6.93 Å². The van der Waals surface area contributed by atoms with E-state index in [1.807, 2.05) is 12.1 Å². The quantitative estimate of drug-likeness (QED) is 0.739. The Bertz CT molecular complexity index is 708. The zero-order valence-electron chi connectivity index (χ0n) is 14.6. The van der Waals surface area contributed by atoms with E-state index in [1.165, 1.54) is 19.2 Å². The fraction of sp³-hybridized carbons (Fsp3) is 0.300. The molecule has 0 radical (unpaired) electrons. The molecule has 128 valence electrons. The van der Waals surface area contributed by atoms with E-state index < -0.39 is 11.6 Å². The maximum Gasteiger partial charge on any atom is 0.190 e. The maximum atomic E-state index is 13.9. The van der Waals surface area contributed by atoms with Gasteiger partial charge >= 0.3 is 0 Å². The Balaban J connectivity index is 2.19. The van der Waals surface area contributed by atoms with Gasteiger partial charge in [0.25, 0.3) is 0 Å². The van der Waals surface area contributed by atoms with Crippen LogP contribution in [-0.4, -0.2) is 12.2 Å². The molecular weight excluding hydrogens is 310 g/mol. The fourth-order valence-electron chi connectivity index (χ4n) is 2.62. The molecule has 0 saturated carbocycles. The van der Waals surface area contributed by atoms with E-state index in [2.05, 4.69) is 0 Å². The molecule has 2 aromatic carbocycles. The summed E-state index contributed by atoms with van der Waals surface area (Å²) in [4.78, 5) is 0. The van der Waals surface area contributed by atoms with Crippen LogP contribution in [0.5, 0.6) is 11.5 Å². The molecule has 0 aliphatic carbocycles. The molecule has 0 fully saturated rings. The number of benzene rings is 2. The number of halogens is 2. The highest BCUT2D eigenvalue weighted by molar-refractivity contribution is 5.56. The summed E-state index contributed by atoms with van der Waals surface area (Å²) in [6.07, 6.45) is 5.59. The van der Waals surface area contributed by atoms with Crippen molar-refractivity contribution in [1.29, 1.82) is 0 Å². The Morgan fingerprint density at radius 1 is 1.25 bits per heavy atom. The lowest BCUT2D eigenvalue weighted by molar-refractivity contribution is 0.359. The van der Waals surface area contributed by atoms with Gasteiger partial charge in [-0.15, -0.1) is 0 Å². The number of phenols is 1. The molecule has 2 nitrogen and oxygen atoms in total. The molecule has 0 amide bonds. The minimum absolute atomic E-state index is 0.0113. The second kappa shape index (κ2) is 8.48. The van der Waals surface area contributed by atoms with Crippen LogP contribution in [0.15, 0.2) is 42.5 Å². The highest BCUT2D eigenvalue weighted by Gasteiger charge is 2.14. The monoisotopic (exact) mass is 334 g/mol. The van der Waals surface area contributed by atoms with Crippen molar-refractivity contribution < 1.29 is 20.0 Å². The zero-order chi connectivity index (χ0) is 18.2. The number of hydrogen-bond acceptors (Lipinski definition) is 2. The van der Waals surface area contributed by atoms with Crippen LogP contribution >= 0.6 is 0 Å². The number of rotatable bonds is 7. The molecule has 0 saturated heterocycles. The molecule has 0 aliphatic rings. The van der Waals surface area contributed by atoms with Gasteiger partial charge in [0.05, 0.1) is 7.11 Å². The van der Waals surface area contributed by atoms with Crippen LogP contribution in [-0.2, 0) is 6.42 Å². The van der Waals surface area contributed by atoms with E-state index in [0.29, 0.717) is 30.9 Å². The normalized spacial score (nSPS) is 13.0. The van der Waals surface area contributed by atoms with Gasteiger partial charge in [0.2, 0.25) is 0 Å². The van der Waals surface area contributed by atoms with Gasteiger partial charge in [-0.3, -0.25) is 0 Å². The number of phenolic OH excluding ortho intramolecular Hbond substituents is 1. The van der Waals surface area contributed by atoms with Gasteiger partial charge in [-0.25, -0.2) is 8.78 Å². The van der Waals surface area contributed by atoms with Crippen molar-refractivity contribution in [3.05, 3.63) is 65.2 Å².